The minimum atomic E-state index is -0.650. The van der Waals surface area contributed by atoms with Crippen LogP contribution in [0.5, 0.6) is 11.6 Å². The number of hydrogen-bond donors (Lipinski definition) is 0. The summed E-state index contributed by atoms with van der Waals surface area (Å²) in [6.07, 6.45) is 13.0. The van der Waals surface area contributed by atoms with Crippen LogP contribution in [0.3, 0.4) is 0 Å². The van der Waals surface area contributed by atoms with E-state index in [1.54, 1.807) is 0 Å². The van der Waals surface area contributed by atoms with E-state index in [0.717, 1.165) is 11.6 Å². The molecule has 3 aromatic heterocycles. The standard InChI is InChI=1S/C50H44N4O/c1-49(2)35-19-10-12-21-38(35)52-43-26-31(29-14-5-3-6-15-29)24-40-41-25-32(30-16-7-4-8-17-30)27-44-54(41)50(53(40)43)45-39(22-13-23-42(45)55-44)51-37-20-11-9-18-33(37)34-28-36(49)48(52)46(50)47(34)51/h9-13,18-30H,3-8,14-17H2,1-2H3/q+2. The van der Waals surface area contributed by atoms with Gasteiger partial charge in [0, 0.05) is 39.4 Å². The summed E-state index contributed by atoms with van der Waals surface area (Å²) in [6, 6.07) is 38.0. The van der Waals surface area contributed by atoms with Gasteiger partial charge in [-0.15, -0.1) is 9.13 Å². The third-order valence-electron chi connectivity index (χ3n) is 15.2. The molecule has 7 aliphatic rings. The Hall–Kier alpha value is -5.42. The van der Waals surface area contributed by atoms with Crippen LogP contribution in [0.25, 0.3) is 38.9 Å². The molecule has 2 fully saturated rings. The maximum Gasteiger partial charge on any atom is 0.378 e. The monoisotopic (exact) mass is 716 g/mol. The quantitative estimate of drug-likeness (QED) is 0.166. The number of ether oxygens (including phenoxy) is 1. The number of rotatable bonds is 2. The van der Waals surface area contributed by atoms with Crippen LogP contribution >= 0.6 is 0 Å². The first-order valence-electron chi connectivity index (χ1n) is 21.1. The molecule has 55 heavy (non-hydrogen) atoms. The lowest BCUT2D eigenvalue weighted by Crippen LogP contribution is -2.75. The SMILES string of the molecule is CC1(C)c2ccccc2N2c3c1cc1c4ccccc4n4c1c3C13c5c(cccc5-4)Oc4cc(C5CCCCC5)cc([n+]41)-c1cc(C4CCCCC4)cc2[n+]13. The van der Waals surface area contributed by atoms with Crippen LogP contribution in [0.1, 0.15) is 123 Å². The first kappa shape index (κ1) is 29.9. The summed E-state index contributed by atoms with van der Waals surface area (Å²) >= 11 is 0. The van der Waals surface area contributed by atoms with Crippen LogP contribution < -0.4 is 18.8 Å². The Labute approximate surface area is 321 Å². The minimum Gasteiger partial charge on any atom is -0.404 e. The second kappa shape index (κ2) is 9.87. The van der Waals surface area contributed by atoms with E-state index in [2.05, 4.69) is 130 Å². The van der Waals surface area contributed by atoms with E-state index in [1.165, 1.54) is 154 Å². The summed E-state index contributed by atoms with van der Waals surface area (Å²) in [5.41, 5.74) is 16.6. The van der Waals surface area contributed by atoms with Gasteiger partial charge in [-0.05, 0) is 85.0 Å². The summed E-state index contributed by atoms with van der Waals surface area (Å²) in [7, 11) is 0. The Morgan fingerprint density at radius 2 is 1.31 bits per heavy atom. The molecular formula is C50H44N4O+2. The normalized spacial score (nSPS) is 21.8. The fraction of sp³-hybridized carbons (Fsp3) is 0.320. The van der Waals surface area contributed by atoms with E-state index in [9.17, 15) is 0 Å². The van der Waals surface area contributed by atoms with Crippen molar-refractivity contribution in [1.29, 1.82) is 0 Å². The third kappa shape index (κ3) is 3.31. The van der Waals surface area contributed by atoms with Crippen LogP contribution in [0.2, 0.25) is 0 Å². The fourth-order valence-corrected chi connectivity index (χ4v) is 12.9. The lowest BCUT2D eigenvalue weighted by atomic mass is 9.69. The number of anilines is 3. The van der Waals surface area contributed by atoms with Crippen LogP contribution in [-0.4, -0.2) is 4.57 Å². The van der Waals surface area contributed by atoms with Crippen LogP contribution in [0.15, 0.2) is 97.1 Å². The zero-order valence-corrected chi connectivity index (χ0v) is 31.7. The predicted molar refractivity (Wildman–Crippen MR) is 217 cm³/mol. The molecule has 0 saturated heterocycles. The molecule has 5 aliphatic heterocycles. The van der Waals surface area contributed by atoms with Crippen molar-refractivity contribution in [3.63, 3.8) is 0 Å². The van der Waals surface area contributed by atoms with Gasteiger partial charge in [-0.1, -0.05) is 94.8 Å². The fourth-order valence-electron chi connectivity index (χ4n) is 12.9. The Morgan fingerprint density at radius 1 is 0.618 bits per heavy atom. The van der Waals surface area contributed by atoms with Crippen molar-refractivity contribution in [3.8, 4) is 28.7 Å². The average Bonchev–Trinajstić information content (AvgIpc) is 3.72. The molecule has 0 N–H and O–H groups in total. The third-order valence-corrected chi connectivity index (χ3v) is 15.2. The van der Waals surface area contributed by atoms with E-state index in [4.69, 9.17) is 4.74 Å². The van der Waals surface area contributed by atoms with Gasteiger partial charge >= 0.3 is 11.5 Å². The van der Waals surface area contributed by atoms with Crippen molar-refractivity contribution in [2.24, 2.45) is 0 Å². The number of fused-ring (bicyclic) bond motifs is 8. The summed E-state index contributed by atoms with van der Waals surface area (Å²) in [5, 5.41) is 2.65. The Morgan fingerprint density at radius 3 is 2.11 bits per heavy atom. The van der Waals surface area contributed by atoms with Crippen LogP contribution in [0.4, 0.5) is 17.2 Å². The van der Waals surface area contributed by atoms with Gasteiger partial charge in [0.25, 0.3) is 11.5 Å². The van der Waals surface area contributed by atoms with Crippen molar-refractivity contribution < 1.29 is 13.9 Å². The van der Waals surface area contributed by atoms with E-state index in [0.29, 0.717) is 11.8 Å². The number of hydrogen-bond acceptors (Lipinski definition) is 2. The summed E-state index contributed by atoms with van der Waals surface area (Å²) < 4.78 is 15.3. The maximum absolute atomic E-state index is 7.30. The van der Waals surface area contributed by atoms with Crippen molar-refractivity contribution in [3.05, 3.63) is 130 Å². The molecule has 5 heteroatoms. The molecule has 0 bridgehead atoms. The Kier molecular flexibility index (Phi) is 5.36. The highest BCUT2D eigenvalue weighted by atomic mass is 16.5. The maximum atomic E-state index is 7.30. The average molecular weight is 717 g/mol. The largest absolute Gasteiger partial charge is 0.404 e. The van der Waals surface area contributed by atoms with Crippen molar-refractivity contribution in [1.82, 2.24) is 4.57 Å². The molecule has 0 amide bonds. The zero-order valence-electron chi connectivity index (χ0n) is 31.7. The van der Waals surface area contributed by atoms with Gasteiger partial charge in [-0.25, -0.2) is 0 Å². The molecule has 2 aliphatic carbocycles. The van der Waals surface area contributed by atoms with Gasteiger partial charge in [0.15, 0.2) is 11.4 Å². The van der Waals surface area contributed by atoms with E-state index < -0.39 is 5.66 Å². The number of pyridine rings is 2. The second-order valence-corrected chi connectivity index (χ2v) is 18.2. The molecule has 268 valence electrons. The highest BCUT2D eigenvalue weighted by Gasteiger charge is 2.73. The first-order chi connectivity index (χ1) is 27.0. The molecule has 7 aromatic rings. The summed E-state index contributed by atoms with van der Waals surface area (Å²) in [6.45, 7) is 4.92. The lowest BCUT2D eigenvalue weighted by Gasteiger charge is -2.45. The van der Waals surface area contributed by atoms with Gasteiger partial charge in [-0.3, -0.25) is 0 Å². The van der Waals surface area contributed by atoms with Gasteiger partial charge < -0.3 is 9.30 Å². The van der Waals surface area contributed by atoms with Crippen LogP contribution in [-0.2, 0) is 11.1 Å². The van der Waals surface area contributed by atoms with Crippen molar-refractivity contribution in [2.45, 2.75) is 101 Å². The van der Waals surface area contributed by atoms with Gasteiger partial charge in [0.2, 0.25) is 5.69 Å². The summed E-state index contributed by atoms with van der Waals surface area (Å²) in [4.78, 5) is 2.70. The van der Waals surface area contributed by atoms with Crippen molar-refractivity contribution >= 4 is 39.0 Å². The van der Waals surface area contributed by atoms with Crippen LogP contribution in [0, 0.1) is 0 Å². The second-order valence-electron chi connectivity index (χ2n) is 18.2. The molecule has 14 rings (SSSR count). The molecule has 0 radical (unpaired) electrons. The predicted octanol–water partition coefficient (Wildman–Crippen LogP) is 11.6. The number of benzene rings is 4. The number of para-hydroxylation sites is 2. The van der Waals surface area contributed by atoms with Gasteiger partial charge in [-0.2, -0.15) is 4.90 Å². The molecule has 1 unspecified atom stereocenters. The molecule has 8 heterocycles. The van der Waals surface area contributed by atoms with E-state index in [1.807, 2.05) is 0 Å². The first-order valence-corrected chi connectivity index (χ1v) is 21.1. The highest BCUT2D eigenvalue weighted by Crippen LogP contribution is 2.64. The molecule has 2 saturated carbocycles. The minimum absolute atomic E-state index is 0.219. The highest BCUT2D eigenvalue weighted by molar-refractivity contribution is 6.15. The molecule has 1 atom stereocenters. The molecular weight excluding hydrogens is 673 g/mol. The van der Waals surface area contributed by atoms with Gasteiger partial charge in [0.05, 0.1) is 22.8 Å². The summed E-state index contributed by atoms with van der Waals surface area (Å²) in [5.74, 6) is 4.38. The number of nitrogens with zero attached hydrogens (tertiary/aromatic N) is 4. The smallest absolute Gasteiger partial charge is 0.378 e. The topological polar surface area (TPSA) is 25.2 Å². The molecule has 4 aromatic carbocycles. The molecule has 5 nitrogen and oxygen atoms in total. The molecule has 1 spiro atoms. The zero-order chi connectivity index (χ0) is 35.9. The Balaban J connectivity index is 1.24. The number of aromatic nitrogens is 3. The lowest BCUT2D eigenvalue weighted by molar-refractivity contribution is -0.936. The van der Waals surface area contributed by atoms with E-state index in [-0.39, 0.29) is 5.41 Å². The van der Waals surface area contributed by atoms with Crippen molar-refractivity contribution in [2.75, 3.05) is 4.90 Å². The van der Waals surface area contributed by atoms with Gasteiger partial charge in [0.1, 0.15) is 16.8 Å². The Bertz CT molecular complexity index is 2920. The van der Waals surface area contributed by atoms with E-state index >= 15 is 0 Å².